The first-order valence-electron chi connectivity index (χ1n) is 7.55. The number of aryl methyl sites for hydroxylation is 4. The molecule has 2 aromatic rings. The first-order valence-corrected chi connectivity index (χ1v) is 7.55. The molecule has 5 nitrogen and oxygen atoms in total. The summed E-state index contributed by atoms with van der Waals surface area (Å²) < 4.78 is 2.16. The Morgan fingerprint density at radius 2 is 1.71 bits per heavy atom. The van der Waals surface area contributed by atoms with E-state index < -0.39 is 0 Å². The van der Waals surface area contributed by atoms with E-state index >= 15 is 0 Å². The summed E-state index contributed by atoms with van der Waals surface area (Å²) in [6.07, 6.45) is 1.09. The molecule has 0 aromatic carbocycles. The predicted molar refractivity (Wildman–Crippen MR) is 83.8 cm³/mol. The molecule has 2 aromatic heterocycles. The monoisotopic (exact) mass is 285 g/mol. The highest BCUT2D eigenvalue weighted by atomic mass is 15.4. The van der Waals surface area contributed by atoms with E-state index in [0.29, 0.717) is 6.04 Å². The molecule has 0 radical (unpaired) electrons. The van der Waals surface area contributed by atoms with Crippen molar-refractivity contribution in [2.45, 2.75) is 47.1 Å². The van der Waals surface area contributed by atoms with Gasteiger partial charge in [-0.2, -0.15) is 5.10 Å². The molecular weight excluding hydrogens is 262 g/mol. The summed E-state index contributed by atoms with van der Waals surface area (Å²) in [7, 11) is 0. The van der Waals surface area contributed by atoms with Crippen LogP contribution in [0, 0.1) is 34.6 Å². The number of hydrogen-bond acceptors (Lipinski definition) is 4. The molecule has 0 amide bonds. The Morgan fingerprint density at radius 1 is 1.05 bits per heavy atom. The zero-order chi connectivity index (χ0) is 15.1. The molecule has 1 aliphatic heterocycles. The normalized spacial score (nSPS) is 18.5. The molecule has 0 spiro atoms. The second-order valence-electron chi connectivity index (χ2n) is 6.08. The van der Waals surface area contributed by atoms with E-state index in [1.807, 2.05) is 6.92 Å². The van der Waals surface area contributed by atoms with E-state index in [0.717, 1.165) is 42.5 Å². The first-order chi connectivity index (χ1) is 9.95. The second-order valence-corrected chi connectivity index (χ2v) is 6.08. The Morgan fingerprint density at radius 3 is 2.29 bits per heavy atom. The molecule has 0 N–H and O–H groups in total. The van der Waals surface area contributed by atoms with Gasteiger partial charge >= 0.3 is 0 Å². The Balaban J connectivity index is 1.83. The van der Waals surface area contributed by atoms with Crippen molar-refractivity contribution in [2.24, 2.45) is 0 Å². The van der Waals surface area contributed by atoms with E-state index in [1.54, 1.807) is 0 Å². The van der Waals surface area contributed by atoms with Crippen LogP contribution in [-0.4, -0.2) is 32.8 Å². The fourth-order valence-corrected chi connectivity index (χ4v) is 3.03. The highest BCUT2D eigenvalue weighted by Gasteiger charge is 2.27. The maximum atomic E-state index is 4.66. The zero-order valence-electron chi connectivity index (χ0n) is 13.5. The quantitative estimate of drug-likeness (QED) is 0.851. The van der Waals surface area contributed by atoms with Crippen LogP contribution >= 0.6 is 0 Å². The van der Waals surface area contributed by atoms with Crippen LogP contribution in [0.1, 0.15) is 40.8 Å². The Labute approximate surface area is 126 Å². The van der Waals surface area contributed by atoms with Crippen molar-refractivity contribution in [1.82, 2.24) is 19.7 Å². The van der Waals surface area contributed by atoms with Crippen LogP contribution in [0.15, 0.2) is 6.07 Å². The number of rotatable bonds is 2. The minimum atomic E-state index is 0.421. The van der Waals surface area contributed by atoms with Crippen molar-refractivity contribution in [3.63, 3.8) is 0 Å². The van der Waals surface area contributed by atoms with Crippen LogP contribution in [0.4, 0.5) is 5.95 Å². The number of anilines is 1. The molecule has 1 fully saturated rings. The Hall–Kier alpha value is -1.91. The summed E-state index contributed by atoms with van der Waals surface area (Å²) in [5, 5.41) is 4.62. The molecule has 112 valence electrons. The van der Waals surface area contributed by atoms with Crippen LogP contribution in [0.25, 0.3) is 0 Å². The Kier molecular flexibility index (Phi) is 3.43. The van der Waals surface area contributed by atoms with Gasteiger partial charge in [0, 0.05) is 30.2 Å². The minimum absolute atomic E-state index is 0.421. The van der Waals surface area contributed by atoms with Crippen LogP contribution in [-0.2, 0) is 0 Å². The minimum Gasteiger partial charge on any atom is -0.339 e. The smallest absolute Gasteiger partial charge is 0.225 e. The van der Waals surface area contributed by atoms with Gasteiger partial charge in [-0.25, -0.2) is 9.97 Å². The van der Waals surface area contributed by atoms with Gasteiger partial charge in [0.15, 0.2) is 0 Å². The van der Waals surface area contributed by atoms with E-state index in [-0.39, 0.29) is 0 Å². The summed E-state index contributed by atoms with van der Waals surface area (Å²) in [5.41, 5.74) is 5.66. The number of hydrogen-bond donors (Lipinski definition) is 0. The standard InChI is InChI=1S/C16H23N5/c1-10-8-11(2)21(19-10)15-6-7-20(9-15)16-17-13(4)12(3)14(5)18-16/h8,15H,6-7,9H2,1-5H3. The molecular formula is C16H23N5. The molecule has 5 heteroatoms. The molecule has 3 rings (SSSR count). The zero-order valence-corrected chi connectivity index (χ0v) is 13.5. The van der Waals surface area contributed by atoms with Crippen molar-refractivity contribution in [1.29, 1.82) is 0 Å². The highest BCUT2D eigenvalue weighted by Crippen LogP contribution is 2.26. The largest absolute Gasteiger partial charge is 0.339 e. The average molecular weight is 285 g/mol. The highest BCUT2D eigenvalue weighted by molar-refractivity contribution is 5.37. The molecule has 21 heavy (non-hydrogen) atoms. The molecule has 1 atom stereocenters. The second kappa shape index (κ2) is 5.13. The van der Waals surface area contributed by atoms with Crippen LogP contribution in [0.3, 0.4) is 0 Å². The molecule has 1 aliphatic rings. The van der Waals surface area contributed by atoms with Crippen molar-refractivity contribution < 1.29 is 0 Å². The lowest BCUT2D eigenvalue weighted by atomic mass is 10.2. The number of nitrogens with zero attached hydrogens (tertiary/aromatic N) is 5. The fourth-order valence-electron chi connectivity index (χ4n) is 3.03. The lowest BCUT2D eigenvalue weighted by Gasteiger charge is -2.19. The van der Waals surface area contributed by atoms with Crippen molar-refractivity contribution in [3.8, 4) is 0 Å². The van der Waals surface area contributed by atoms with Crippen molar-refractivity contribution in [2.75, 3.05) is 18.0 Å². The van der Waals surface area contributed by atoms with Crippen LogP contribution in [0.5, 0.6) is 0 Å². The predicted octanol–water partition coefficient (Wildman–Crippen LogP) is 2.67. The molecule has 1 unspecified atom stereocenters. The van der Waals surface area contributed by atoms with Gasteiger partial charge in [-0.3, -0.25) is 4.68 Å². The maximum Gasteiger partial charge on any atom is 0.225 e. The summed E-state index contributed by atoms with van der Waals surface area (Å²) >= 11 is 0. The average Bonchev–Trinajstić information content (AvgIpc) is 3.02. The summed E-state index contributed by atoms with van der Waals surface area (Å²) in [6, 6.07) is 2.56. The van der Waals surface area contributed by atoms with E-state index in [1.165, 1.54) is 11.3 Å². The van der Waals surface area contributed by atoms with Gasteiger partial charge in [-0.05, 0) is 52.7 Å². The molecule has 0 saturated carbocycles. The molecule has 1 saturated heterocycles. The first kappa shape index (κ1) is 14.0. The van der Waals surface area contributed by atoms with Gasteiger partial charge in [0.2, 0.25) is 5.95 Å². The third kappa shape index (κ3) is 2.52. The fraction of sp³-hybridized carbons (Fsp3) is 0.562. The van der Waals surface area contributed by atoms with Crippen molar-refractivity contribution in [3.05, 3.63) is 34.4 Å². The summed E-state index contributed by atoms with van der Waals surface area (Å²) in [4.78, 5) is 11.6. The van der Waals surface area contributed by atoms with Gasteiger partial charge in [0.1, 0.15) is 0 Å². The van der Waals surface area contributed by atoms with Crippen LogP contribution < -0.4 is 4.90 Å². The van der Waals surface area contributed by atoms with E-state index in [2.05, 4.69) is 58.4 Å². The third-order valence-electron chi connectivity index (χ3n) is 4.46. The lowest BCUT2D eigenvalue weighted by molar-refractivity contribution is 0.480. The maximum absolute atomic E-state index is 4.66. The molecule has 3 heterocycles. The van der Waals surface area contributed by atoms with Crippen molar-refractivity contribution >= 4 is 5.95 Å². The van der Waals surface area contributed by atoms with Gasteiger partial charge in [0.25, 0.3) is 0 Å². The summed E-state index contributed by atoms with van der Waals surface area (Å²) in [5.74, 6) is 0.861. The van der Waals surface area contributed by atoms with E-state index in [4.69, 9.17) is 0 Å². The van der Waals surface area contributed by atoms with Crippen LogP contribution in [0.2, 0.25) is 0 Å². The Bertz CT molecular complexity index is 650. The molecule has 0 aliphatic carbocycles. The van der Waals surface area contributed by atoms with E-state index in [9.17, 15) is 0 Å². The number of aromatic nitrogens is 4. The van der Waals surface area contributed by atoms with Gasteiger partial charge in [0.05, 0.1) is 11.7 Å². The lowest BCUT2D eigenvalue weighted by Crippen LogP contribution is -2.24. The topological polar surface area (TPSA) is 46.8 Å². The van der Waals surface area contributed by atoms with Gasteiger partial charge < -0.3 is 4.90 Å². The molecule has 0 bridgehead atoms. The SMILES string of the molecule is Cc1cc(C)n(C2CCN(c3nc(C)c(C)c(C)n3)C2)n1. The van der Waals surface area contributed by atoms with Gasteiger partial charge in [-0.15, -0.1) is 0 Å². The third-order valence-corrected chi connectivity index (χ3v) is 4.46. The summed E-state index contributed by atoms with van der Waals surface area (Å²) in [6.45, 7) is 12.3. The van der Waals surface area contributed by atoms with Gasteiger partial charge in [-0.1, -0.05) is 0 Å².